The van der Waals surface area contributed by atoms with Gasteiger partial charge in [0.2, 0.25) is 0 Å². The third kappa shape index (κ3) is 5.42. The Morgan fingerprint density at radius 2 is 1.06 bits per heavy atom. The fourth-order valence-electron chi connectivity index (χ4n) is 3.79. The van der Waals surface area contributed by atoms with Crippen LogP contribution in [0.25, 0.3) is 32.7 Å². The molecule has 6 heteroatoms. The van der Waals surface area contributed by atoms with E-state index in [0.717, 1.165) is 32.7 Å². The molecule has 0 atom stereocenters. The summed E-state index contributed by atoms with van der Waals surface area (Å²) in [5, 5.41) is 3.91. The number of carbonyl (C=O) groups excluding carboxylic acids is 2. The lowest BCUT2D eigenvalue weighted by Gasteiger charge is -2.13. The molecule has 0 saturated carbocycles. The van der Waals surface area contributed by atoms with Crippen molar-refractivity contribution in [2.75, 3.05) is 26.4 Å². The molecule has 4 aromatic carbocycles. The summed E-state index contributed by atoms with van der Waals surface area (Å²) in [5.41, 5.74) is 1.95. The Hall–Kier alpha value is -3.74. The smallest absolute Gasteiger partial charge is 0.337 e. The predicted molar refractivity (Wildman–Crippen MR) is 131 cm³/mol. The van der Waals surface area contributed by atoms with Gasteiger partial charge in [0.05, 0.1) is 0 Å². The van der Waals surface area contributed by atoms with Crippen LogP contribution in [-0.2, 0) is 19.1 Å². The molecule has 4 aromatic rings. The zero-order valence-corrected chi connectivity index (χ0v) is 19.2. The average molecular weight is 459 g/mol. The maximum Gasteiger partial charge on any atom is 0.337 e. The zero-order chi connectivity index (χ0) is 23.9. The number of rotatable bonds is 9. The molecule has 0 heterocycles. The second kappa shape index (κ2) is 10.9. The molecule has 6 nitrogen and oxygen atoms in total. The van der Waals surface area contributed by atoms with E-state index in [4.69, 9.17) is 18.9 Å². The van der Waals surface area contributed by atoms with E-state index < -0.39 is 11.9 Å². The first-order chi connectivity index (χ1) is 16.6. The van der Waals surface area contributed by atoms with Gasteiger partial charge in [-0.15, -0.1) is 0 Å². The molecular weight excluding hydrogens is 432 g/mol. The first-order valence-corrected chi connectivity index (χ1v) is 11.2. The summed E-state index contributed by atoms with van der Waals surface area (Å²) in [6.45, 7) is 4.35. The SMILES string of the molecule is CCOCC(=O)Oc1ccc2cccc(-c3cccc4ccc(OC(=O)COCC)cc34)c2c1. The number of ether oxygens (including phenoxy) is 4. The highest BCUT2D eigenvalue weighted by atomic mass is 16.6. The van der Waals surface area contributed by atoms with E-state index in [2.05, 4.69) is 0 Å². The second-order valence-corrected chi connectivity index (χ2v) is 7.60. The number of fused-ring (bicyclic) bond motifs is 2. The van der Waals surface area contributed by atoms with Crippen LogP contribution in [0.4, 0.5) is 0 Å². The van der Waals surface area contributed by atoms with Crippen LogP contribution in [0.5, 0.6) is 11.5 Å². The topological polar surface area (TPSA) is 71.1 Å². The largest absolute Gasteiger partial charge is 0.425 e. The molecule has 0 saturated heterocycles. The third-order valence-corrected chi connectivity index (χ3v) is 5.31. The van der Waals surface area contributed by atoms with Crippen LogP contribution in [0.1, 0.15) is 13.8 Å². The summed E-state index contributed by atoms with van der Waals surface area (Å²) in [5.74, 6) is 0.0237. The van der Waals surface area contributed by atoms with Crippen LogP contribution in [0.3, 0.4) is 0 Å². The lowest BCUT2D eigenvalue weighted by molar-refractivity contribution is -0.140. The van der Waals surface area contributed by atoms with Crippen LogP contribution in [-0.4, -0.2) is 38.4 Å². The summed E-state index contributed by atoms with van der Waals surface area (Å²) >= 11 is 0. The van der Waals surface area contributed by atoms with Crippen LogP contribution in [0.15, 0.2) is 72.8 Å². The minimum atomic E-state index is -0.442. The third-order valence-electron chi connectivity index (χ3n) is 5.31. The highest BCUT2D eigenvalue weighted by Crippen LogP contribution is 2.36. The zero-order valence-electron chi connectivity index (χ0n) is 19.2. The number of hydrogen-bond donors (Lipinski definition) is 0. The molecule has 0 bridgehead atoms. The molecule has 0 spiro atoms. The molecule has 0 aromatic heterocycles. The Morgan fingerprint density at radius 3 is 1.47 bits per heavy atom. The molecule has 0 aliphatic rings. The molecule has 0 aliphatic carbocycles. The standard InChI is InChI=1S/C28H26O6/c1-3-31-17-27(29)33-21-13-11-19-7-5-9-23(25(19)15-21)24-10-6-8-20-12-14-22(16-26(20)24)34-28(30)18-32-4-2/h5-16H,3-4,17-18H2,1-2H3. The van der Waals surface area contributed by atoms with Gasteiger partial charge < -0.3 is 18.9 Å². The van der Waals surface area contributed by atoms with Crippen molar-refractivity contribution in [1.82, 2.24) is 0 Å². The van der Waals surface area contributed by atoms with Gasteiger partial charge in [0.1, 0.15) is 24.7 Å². The summed E-state index contributed by atoms with van der Waals surface area (Å²) in [6, 6.07) is 23.2. The van der Waals surface area contributed by atoms with Crippen molar-refractivity contribution in [3.63, 3.8) is 0 Å². The van der Waals surface area contributed by atoms with Crippen molar-refractivity contribution < 1.29 is 28.5 Å². The van der Waals surface area contributed by atoms with Gasteiger partial charge in [-0.05, 0) is 70.8 Å². The van der Waals surface area contributed by atoms with E-state index in [1.165, 1.54) is 0 Å². The highest BCUT2D eigenvalue weighted by molar-refractivity contribution is 6.06. The Morgan fingerprint density at radius 1 is 0.618 bits per heavy atom. The van der Waals surface area contributed by atoms with E-state index in [9.17, 15) is 9.59 Å². The molecule has 0 unspecified atom stereocenters. The monoisotopic (exact) mass is 458 g/mol. The average Bonchev–Trinajstić information content (AvgIpc) is 2.85. The summed E-state index contributed by atoms with van der Waals surface area (Å²) in [7, 11) is 0. The van der Waals surface area contributed by atoms with Gasteiger partial charge in [0.15, 0.2) is 0 Å². The quantitative estimate of drug-likeness (QED) is 0.242. The van der Waals surface area contributed by atoms with Crippen molar-refractivity contribution >= 4 is 33.5 Å². The molecule has 0 amide bonds. The van der Waals surface area contributed by atoms with E-state index in [0.29, 0.717) is 24.7 Å². The summed E-state index contributed by atoms with van der Waals surface area (Å²) < 4.78 is 21.2. The fourth-order valence-corrected chi connectivity index (χ4v) is 3.79. The molecule has 0 fully saturated rings. The van der Waals surface area contributed by atoms with Gasteiger partial charge >= 0.3 is 11.9 Å². The van der Waals surface area contributed by atoms with Crippen LogP contribution >= 0.6 is 0 Å². The van der Waals surface area contributed by atoms with Crippen LogP contribution in [0.2, 0.25) is 0 Å². The number of benzene rings is 4. The molecule has 0 aliphatic heterocycles. The van der Waals surface area contributed by atoms with E-state index in [1.807, 2.05) is 74.5 Å². The fraction of sp³-hybridized carbons (Fsp3) is 0.214. The van der Waals surface area contributed by atoms with Crippen LogP contribution in [0, 0.1) is 0 Å². The molecule has 4 rings (SSSR count). The molecular formula is C28H26O6. The Kier molecular flexibility index (Phi) is 7.52. The maximum absolute atomic E-state index is 12.0. The Labute approximate surface area is 198 Å². The van der Waals surface area contributed by atoms with Crippen molar-refractivity contribution in [2.45, 2.75) is 13.8 Å². The number of esters is 2. The van der Waals surface area contributed by atoms with Crippen molar-refractivity contribution in [1.29, 1.82) is 0 Å². The van der Waals surface area contributed by atoms with Gasteiger partial charge in [0.25, 0.3) is 0 Å². The first kappa shape index (κ1) is 23.4. The number of hydrogen-bond acceptors (Lipinski definition) is 6. The predicted octanol–water partition coefficient (Wildman–Crippen LogP) is 5.54. The highest BCUT2D eigenvalue weighted by Gasteiger charge is 2.12. The Bertz CT molecular complexity index is 1220. The minimum Gasteiger partial charge on any atom is -0.425 e. The van der Waals surface area contributed by atoms with E-state index >= 15 is 0 Å². The molecule has 34 heavy (non-hydrogen) atoms. The van der Waals surface area contributed by atoms with Crippen molar-refractivity contribution in [3.05, 3.63) is 72.8 Å². The minimum absolute atomic E-state index is 0.0930. The lowest BCUT2D eigenvalue weighted by Crippen LogP contribution is -2.15. The number of carbonyl (C=O) groups is 2. The summed E-state index contributed by atoms with van der Waals surface area (Å²) in [4.78, 5) is 24.1. The Balaban J connectivity index is 1.74. The molecule has 0 radical (unpaired) electrons. The maximum atomic E-state index is 12.0. The van der Waals surface area contributed by atoms with E-state index in [1.54, 1.807) is 12.1 Å². The van der Waals surface area contributed by atoms with Gasteiger partial charge in [0, 0.05) is 13.2 Å². The van der Waals surface area contributed by atoms with Gasteiger partial charge in [-0.2, -0.15) is 0 Å². The second-order valence-electron chi connectivity index (χ2n) is 7.60. The normalized spacial score (nSPS) is 11.0. The molecule has 0 N–H and O–H groups in total. The lowest BCUT2D eigenvalue weighted by atomic mass is 9.94. The van der Waals surface area contributed by atoms with Crippen molar-refractivity contribution in [2.24, 2.45) is 0 Å². The van der Waals surface area contributed by atoms with Gasteiger partial charge in [-0.25, -0.2) is 9.59 Å². The van der Waals surface area contributed by atoms with Gasteiger partial charge in [-0.3, -0.25) is 0 Å². The van der Waals surface area contributed by atoms with E-state index in [-0.39, 0.29) is 13.2 Å². The summed E-state index contributed by atoms with van der Waals surface area (Å²) in [6.07, 6.45) is 0. The molecule has 174 valence electrons. The van der Waals surface area contributed by atoms with Gasteiger partial charge in [-0.1, -0.05) is 48.5 Å². The van der Waals surface area contributed by atoms with Crippen LogP contribution < -0.4 is 9.47 Å². The van der Waals surface area contributed by atoms with Crippen molar-refractivity contribution in [3.8, 4) is 22.6 Å². The first-order valence-electron chi connectivity index (χ1n) is 11.2.